The van der Waals surface area contributed by atoms with Crippen LogP contribution in [0.3, 0.4) is 0 Å². The van der Waals surface area contributed by atoms with Crippen molar-refractivity contribution in [1.29, 1.82) is 0 Å². The third-order valence-electron chi connectivity index (χ3n) is 7.72. The second-order valence-corrected chi connectivity index (χ2v) is 9.77. The Hall–Kier alpha value is -4.26. The van der Waals surface area contributed by atoms with Crippen molar-refractivity contribution in [3.8, 4) is 0 Å². The number of anilines is 2. The molecule has 1 N–H and O–H groups in total. The van der Waals surface area contributed by atoms with E-state index in [0.29, 0.717) is 12.1 Å². The van der Waals surface area contributed by atoms with Gasteiger partial charge in [0.1, 0.15) is 5.69 Å². The third kappa shape index (κ3) is 3.68. The van der Waals surface area contributed by atoms with Gasteiger partial charge in [0.25, 0.3) is 5.69 Å². The third-order valence-corrected chi connectivity index (χ3v) is 7.72. The van der Waals surface area contributed by atoms with E-state index in [2.05, 4.69) is 5.32 Å². The van der Waals surface area contributed by atoms with Crippen molar-refractivity contribution in [2.24, 2.45) is 23.7 Å². The molecule has 5 atom stereocenters. The molecule has 1 saturated carbocycles. The number of fused-ring (bicyclic) bond motifs is 5. The molecule has 0 aromatic heterocycles. The second kappa shape index (κ2) is 8.75. The summed E-state index contributed by atoms with van der Waals surface area (Å²) in [6.07, 6.45) is 5.54. The fourth-order valence-electron chi connectivity index (χ4n) is 6.06. The van der Waals surface area contributed by atoms with Crippen molar-refractivity contribution in [3.05, 3.63) is 112 Å². The Bertz CT molecular complexity index is 1340. The molecule has 7 heteroatoms. The lowest BCUT2D eigenvalue weighted by molar-refractivity contribution is -0.383. The van der Waals surface area contributed by atoms with Crippen LogP contribution in [0.1, 0.15) is 23.6 Å². The Kier molecular flexibility index (Phi) is 5.40. The smallest absolute Gasteiger partial charge is 0.294 e. The Labute approximate surface area is 208 Å². The van der Waals surface area contributed by atoms with E-state index >= 15 is 0 Å². The number of benzene rings is 3. The number of amides is 2. The summed E-state index contributed by atoms with van der Waals surface area (Å²) in [7, 11) is 0. The zero-order valence-electron chi connectivity index (χ0n) is 19.5. The maximum atomic E-state index is 13.2. The quantitative estimate of drug-likeness (QED) is 0.215. The van der Waals surface area contributed by atoms with Crippen LogP contribution in [0.5, 0.6) is 0 Å². The minimum Gasteiger partial charge on any atom is -0.372 e. The van der Waals surface area contributed by atoms with Crippen molar-refractivity contribution in [2.75, 3.05) is 10.2 Å². The zero-order valence-corrected chi connectivity index (χ0v) is 19.5. The molecule has 2 bridgehead atoms. The number of nitrogens with one attached hydrogen (secondary N) is 1. The molecule has 0 radical (unpaired) electrons. The second-order valence-electron chi connectivity index (χ2n) is 9.77. The lowest BCUT2D eigenvalue weighted by Gasteiger charge is -2.22. The first-order valence-corrected chi connectivity index (χ1v) is 12.2. The lowest BCUT2D eigenvalue weighted by Crippen LogP contribution is -2.32. The van der Waals surface area contributed by atoms with Crippen LogP contribution in [-0.4, -0.2) is 16.7 Å². The molecule has 2 aliphatic carbocycles. The minimum atomic E-state index is -0.465. The van der Waals surface area contributed by atoms with Crippen LogP contribution in [0.2, 0.25) is 0 Å². The summed E-state index contributed by atoms with van der Waals surface area (Å²) < 4.78 is 0. The molecular formula is C29H25N3O4. The number of nitrogens with zero attached hydrogens (tertiary/aromatic N) is 2. The first-order chi connectivity index (χ1) is 17.5. The van der Waals surface area contributed by atoms with Crippen LogP contribution >= 0.6 is 0 Å². The monoisotopic (exact) mass is 479 g/mol. The average Bonchev–Trinajstić information content (AvgIpc) is 3.58. The molecular weight excluding hydrogens is 454 g/mol. The summed E-state index contributed by atoms with van der Waals surface area (Å²) in [5.74, 6) is -1.02. The van der Waals surface area contributed by atoms with Gasteiger partial charge in [-0.1, -0.05) is 72.8 Å². The van der Waals surface area contributed by atoms with Gasteiger partial charge in [0.05, 0.1) is 28.5 Å². The van der Waals surface area contributed by atoms with E-state index in [1.165, 1.54) is 6.07 Å². The fourth-order valence-corrected chi connectivity index (χ4v) is 6.06. The van der Waals surface area contributed by atoms with E-state index in [0.717, 1.165) is 22.4 Å². The summed E-state index contributed by atoms with van der Waals surface area (Å²) >= 11 is 0. The van der Waals surface area contributed by atoms with Gasteiger partial charge in [0, 0.05) is 6.07 Å². The molecule has 1 aliphatic heterocycles. The Balaban J connectivity index is 1.32. The van der Waals surface area contributed by atoms with E-state index in [4.69, 9.17) is 0 Å². The van der Waals surface area contributed by atoms with Gasteiger partial charge >= 0.3 is 0 Å². The van der Waals surface area contributed by atoms with Crippen molar-refractivity contribution in [1.82, 2.24) is 0 Å². The molecule has 3 aromatic rings. The number of carbonyl (C=O) groups is 2. The van der Waals surface area contributed by atoms with Crippen LogP contribution < -0.4 is 10.2 Å². The number of carbonyl (C=O) groups excluding carboxylic acids is 2. The summed E-state index contributed by atoms with van der Waals surface area (Å²) in [5, 5.41) is 15.5. The van der Waals surface area contributed by atoms with Gasteiger partial charge in [-0.3, -0.25) is 19.7 Å². The highest BCUT2D eigenvalue weighted by molar-refractivity contribution is 6.23. The summed E-state index contributed by atoms with van der Waals surface area (Å²) in [5.41, 5.74) is 2.53. The minimum absolute atomic E-state index is 0.0852. The highest BCUT2D eigenvalue weighted by Gasteiger charge is 2.59. The molecule has 36 heavy (non-hydrogen) atoms. The van der Waals surface area contributed by atoms with Crippen LogP contribution in [0.4, 0.5) is 17.1 Å². The van der Waals surface area contributed by atoms with Gasteiger partial charge in [-0.15, -0.1) is 0 Å². The predicted molar refractivity (Wildman–Crippen MR) is 136 cm³/mol. The maximum Gasteiger partial charge on any atom is 0.294 e. The van der Waals surface area contributed by atoms with Crippen molar-refractivity contribution >= 4 is 28.9 Å². The van der Waals surface area contributed by atoms with Crippen molar-refractivity contribution in [2.45, 2.75) is 18.9 Å². The largest absolute Gasteiger partial charge is 0.372 e. The molecule has 6 rings (SSSR count). The van der Waals surface area contributed by atoms with Crippen LogP contribution in [0.15, 0.2) is 91.0 Å². The molecule has 1 heterocycles. The van der Waals surface area contributed by atoms with Crippen LogP contribution in [0.25, 0.3) is 0 Å². The molecule has 3 aliphatic rings. The molecule has 2 amide bonds. The highest BCUT2D eigenvalue weighted by atomic mass is 16.6. The van der Waals surface area contributed by atoms with E-state index in [1.54, 1.807) is 12.1 Å². The van der Waals surface area contributed by atoms with Gasteiger partial charge in [-0.25, -0.2) is 4.90 Å². The van der Waals surface area contributed by atoms with Gasteiger partial charge < -0.3 is 5.32 Å². The Morgan fingerprint density at radius 3 is 2.11 bits per heavy atom. The predicted octanol–water partition coefficient (Wildman–Crippen LogP) is 5.30. The number of imide groups is 1. The number of rotatable bonds is 7. The first-order valence-electron chi connectivity index (χ1n) is 12.2. The summed E-state index contributed by atoms with van der Waals surface area (Å²) in [6, 6.07) is 24.1. The fraction of sp³-hybridized carbons (Fsp3) is 0.241. The van der Waals surface area contributed by atoms with Gasteiger partial charge in [0.15, 0.2) is 0 Å². The number of hydrogen-bond donors (Lipinski definition) is 1. The summed E-state index contributed by atoms with van der Waals surface area (Å²) in [6.45, 7) is 0. The number of nitro groups is 1. The Morgan fingerprint density at radius 1 is 0.889 bits per heavy atom. The van der Waals surface area contributed by atoms with Gasteiger partial charge in [-0.2, -0.15) is 0 Å². The number of nitro benzene ring substituents is 1. The molecule has 7 nitrogen and oxygen atoms in total. The lowest BCUT2D eigenvalue weighted by atomic mass is 9.85. The topological polar surface area (TPSA) is 92.6 Å². The highest BCUT2D eigenvalue weighted by Crippen LogP contribution is 2.53. The maximum absolute atomic E-state index is 13.2. The van der Waals surface area contributed by atoms with Crippen LogP contribution in [-0.2, 0) is 16.0 Å². The van der Waals surface area contributed by atoms with Gasteiger partial charge in [0.2, 0.25) is 11.8 Å². The standard InChI is InChI=1S/C29H25N3O4/c33-28-26-20-11-12-21(16-20)27(26)29(34)31(28)22-13-14-23(25(17-22)32(35)36)30-24(19-9-5-2-6-10-19)15-18-7-3-1-4-8-18/h1-14,17,20-21,24,26-27,30H,15-16H2/t20-,21-,24+,26-,27+/m0/s1. The summed E-state index contributed by atoms with van der Waals surface area (Å²) in [4.78, 5) is 39.2. The average molecular weight is 480 g/mol. The van der Waals surface area contributed by atoms with Crippen LogP contribution in [0, 0.1) is 33.8 Å². The van der Waals surface area contributed by atoms with E-state index in [1.807, 2.05) is 72.8 Å². The molecule has 0 unspecified atom stereocenters. The van der Waals surface area contributed by atoms with E-state index in [-0.39, 0.29) is 52.9 Å². The van der Waals surface area contributed by atoms with Crippen molar-refractivity contribution < 1.29 is 14.5 Å². The molecule has 0 spiro atoms. The van der Waals surface area contributed by atoms with E-state index in [9.17, 15) is 19.7 Å². The molecule has 1 saturated heterocycles. The SMILES string of the molecule is O=C1[C@@H]2[C@H](C(=O)N1c1ccc(N[C@H](Cc3ccccc3)c3ccccc3)c([N+](=O)[O-])c1)[C@H]1C=C[C@H]2C1. The number of allylic oxidation sites excluding steroid dienone is 2. The molecule has 2 fully saturated rings. The Morgan fingerprint density at radius 2 is 1.50 bits per heavy atom. The first kappa shape index (κ1) is 22.2. The van der Waals surface area contributed by atoms with Crippen molar-refractivity contribution in [3.63, 3.8) is 0 Å². The van der Waals surface area contributed by atoms with Gasteiger partial charge in [-0.05, 0) is 47.9 Å². The molecule has 3 aromatic carbocycles. The number of hydrogen-bond acceptors (Lipinski definition) is 5. The molecule has 180 valence electrons. The van der Waals surface area contributed by atoms with E-state index < -0.39 is 4.92 Å². The zero-order chi connectivity index (χ0) is 24.8. The normalized spacial score (nSPS) is 24.7.